The molecule has 1 atom stereocenters. The summed E-state index contributed by atoms with van der Waals surface area (Å²) in [6.45, 7) is 9.42. The Morgan fingerprint density at radius 3 is 2.07 bits per heavy atom. The van der Waals surface area contributed by atoms with Gasteiger partial charge in [-0.3, -0.25) is 13.9 Å². The van der Waals surface area contributed by atoms with Gasteiger partial charge in [-0.15, -0.1) is 0 Å². The molecule has 3 aromatic carbocycles. The van der Waals surface area contributed by atoms with Crippen molar-refractivity contribution in [3.63, 3.8) is 0 Å². The number of halogens is 1. The lowest BCUT2D eigenvalue weighted by Crippen LogP contribution is -2.53. The first-order chi connectivity index (χ1) is 19.5. The molecule has 0 aliphatic heterocycles. The molecule has 0 fully saturated rings. The molecule has 41 heavy (non-hydrogen) atoms. The van der Waals surface area contributed by atoms with Crippen LogP contribution in [0.15, 0.2) is 77.7 Å². The monoisotopic (exact) mass is 599 g/mol. The van der Waals surface area contributed by atoms with Gasteiger partial charge in [-0.05, 0) is 88.2 Å². The molecule has 2 amide bonds. The number of sulfonamides is 1. The van der Waals surface area contributed by atoms with Crippen molar-refractivity contribution in [1.29, 1.82) is 0 Å². The van der Waals surface area contributed by atoms with E-state index in [1.807, 2.05) is 58.9 Å². The zero-order valence-electron chi connectivity index (χ0n) is 24.1. The number of hydrogen-bond acceptors (Lipinski definition) is 5. The Hall–Kier alpha value is -3.56. The second-order valence-corrected chi connectivity index (χ2v) is 12.3. The van der Waals surface area contributed by atoms with E-state index in [0.717, 1.165) is 15.4 Å². The molecule has 220 valence electrons. The van der Waals surface area contributed by atoms with Gasteiger partial charge in [0.25, 0.3) is 10.0 Å². The van der Waals surface area contributed by atoms with Crippen molar-refractivity contribution in [1.82, 2.24) is 10.2 Å². The van der Waals surface area contributed by atoms with Gasteiger partial charge in [0.15, 0.2) is 0 Å². The van der Waals surface area contributed by atoms with Crippen molar-refractivity contribution < 1.29 is 22.7 Å². The van der Waals surface area contributed by atoms with Crippen LogP contribution in [0.4, 0.5) is 5.69 Å². The van der Waals surface area contributed by atoms with Gasteiger partial charge in [0.05, 0.1) is 17.2 Å². The standard InChI is InChI=1S/C31H38ClN3O5S/c1-6-29(31(37)33-22(3)4)34(20-24-10-8-23(5)9-11-24)30(36)21-35(26-14-16-27(17-15-26)40-7-2)41(38,39)28-18-12-25(32)13-19-28/h8-19,22,29H,6-7,20-21H2,1-5H3,(H,33,37)/t29-/m1/s1. The van der Waals surface area contributed by atoms with Crippen LogP contribution in [0.25, 0.3) is 0 Å². The fourth-order valence-corrected chi connectivity index (χ4v) is 5.87. The molecule has 1 N–H and O–H groups in total. The Kier molecular flexibility index (Phi) is 11.2. The Morgan fingerprint density at radius 2 is 1.54 bits per heavy atom. The summed E-state index contributed by atoms with van der Waals surface area (Å²) in [7, 11) is -4.19. The third-order valence-electron chi connectivity index (χ3n) is 6.41. The molecular formula is C31H38ClN3O5S. The summed E-state index contributed by atoms with van der Waals surface area (Å²) in [5.74, 6) is -0.234. The first-order valence-corrected chi connectivity index (χ1v) is 15.4. The van der Waals surface area contributed by atoms with E-state index >= 15 is 0 Å². The maximum Gasteiger partial charge on any atom is 0.264 e. The van der Waals surface area contributed by atoms with Crippen LogP contribution < -0.4 is 14.4 Å². The lowest BCUT2D eigenvalue weighted by atomic mass is 10.1. The molecule has 0 aliphatic carbocycles. The number of anilines is 1. The lowest BCUT2D eigenvalue weighted by molar-refractivity contribution is -0.140. The van der Waals surface area contributed by atoms with Crippen molar-refractivity contribution in [2.45, 2.75) is 64.6 Å². The first kappa shape index (κ1) is 32.0. The highest BCUT2D eigenvalue weighted by Gasteiger charge is 2.33. The molecule has 3 aromatic rings. The third-order valence-corrected chi connectivity index (χ3v) is 8.45. The summed E-state index contributed by atoms with van der Waals surface area (Å²) >= 11 is 6.01. The molecule has 0 heterocycles. The molecule has 0 aromatic heterocycles. The van der Waals surface area contributed by atoms with Crippen LogP contribution in [-0.2, 0) is 26.2 Å². The van der Waals surface area contributed by atoms with Gasteiger partial charge < -0.3 is 15.0 Å². The maximum absolute atomic E-state index is 14.1. The normalized spacial score (nSPS) is 12.1. The molecule has 0 spiro atoms. The number of ether oxygens (including phenoxy) is 1. The maximum atomic E-state index is 14.1. The van der Waals surface area contributed by atoms with Crippen LogP contribution in [0, 0.1) is 6.92 Å². The van der Waals surface area contributed by atoms with Gasteiger partial charge in [-0.2, -0.15) is 0 Å². The van der Waals surface area contributed by atoms with Crippen LogP contribution in [0.5, 0.6) is 5.75 Å². The number of carbonyl (C=O) groups excluding carboxylic acids is 2. The molecule has 0 saturated carbocycles. The summed E-state index contributed by atoms with van der Waals surface area (Å²) in [5.41, 5.74) is 2.17. The number of aryl methyl sites for hydroxylation is 1. The van der Waals surface area contributed by atoms with Crippen LogP contribution in [-0.4, -0.2) is 50.4 Å². The molecule has 0 aliphatic rings. The molecule has 0 radical (unpaired) electrons. The second kappa shape index (κ2) is 14.4. The molecular weight excluding hydrogens is 562 g/mol. The minimum Gasteiger partial charge on any atom is -0.494 e. The van der Waals surface area contributed by atoms with E-state index in [1.165, 1.54) is 29.2 Å². The summed E-state index contributed by atoms with van der Waals surface area (Å²) in [4.78, 5) is 28.7. The molecule has 0 saturated heterocycles. The third kappa shape index (κ3) is 8.47. The van der Waals surface area contributed by atoms with E-state index in [0.29, 0.717) is 23.8 Å². The number of hydrogen-bond donors (Lipinski definition) is 1. The van der Waals surface area contributed by atoms with Gasteiger partial charge in [-0.25, -0.2) is 8.42 Å². The molecule has 10 heteroatoms. The van der Waals surface area contributed by atoms with Gasteiger partial charge in [-0.1, -0.05) is 48.4 Å². The summed E-state index contributed by atoms with van der Waals surface area (Å²) in [6.07, 6.45) is 0.350. The highest BCUT2D eigenvalue weighted by atomic mass is 35.5. The smallest absolute Gasteiger partial charge is 0.264 e. The van der Waals surface area contributed by atoms with Crippen molar-refractivity contribution in [2.75, 3.05) is 17.5 Å². The van der Waals surface area contributed by atoms with Gasteiger partial charge >= 0.3 is 0 Å². The predicted octanol–water partition coefficient (Wildman–Crippen LogP) is 5.57. The molecule has 8 nitrogen and oxygen atoms in total. The minimum absolute atomic E-state index is 0.0155. The van der Waals surface area contributed by atoms with E-state index in [4.69, 9.17) is 16.3 Å². The Labute approximate surface area is 248 Å². The van der Waals surface area contributed by atoms with E-state index in [2.05, 4.69) is 5.32 Å². The van der Waals surface area contributed by atoms with Gasteiger partial charge in [0.2, 0.25) is 11.8 Å². The molecule has 3 rings (SSSR count). The minimum atomic E-state index is -4.19. The number of rotatable bonds is 13. The molecule has 0 unspecified atom stereocenters. The van der Waals surface area contributed by atoms with Crippen molar-refractivity contribution >= 4 is 39.1 Å². The Bertz CT molecular complexity index is 1410. The Balaban J connectivity index is 2.06. The summed E-state index contributed by atoms with van der Waals surface area (Å²) in [5, 5.41) is 3.29. The fourth-order valence-electron chi connectivity index (χ4n) is 4.33. The fraction of sp³-hybridized carbons (Fsp3) is 0.355. The topological polar surface area (TPSA) is 96.0 Å². The zero-order valence-corrected chi connectivity index (χ0v) is 25.7. The van der Waals surface area contributed by atoms with Crippen LogP contribution in [0.2, 0.25) is 5.02 Å². The quantitative estimate of drug-likeness (QED) is 0.277. The van der Waals surface area contributed by atoms with Crippen molar-refractivity contribution in [2.24, 2.45) is 0 Å². The van der Waals surface area contributed by atoms with Crippen LogP contribution in [0.1, 0.15) is 45.2 Å². The first-order valence-electron chi connectivity index (χ1n) is 13.6. The van der Waals surface area contributed by atoms with E-state index in [-0.39, 0.29) is 29.1 Å². The predicted molar refractivity (Wildman–Crippen MR) is 163 cm³/mol. The lowest BCUT2D eigenvalue weighted by Gasteiger charge is -2.33. The summed E-state index contributed by atoms with van der Waals surface area (Å²) in [6, 6.07) is 19.0. The number of benzene rings is 3. The number of carbonyl (C=O) groups is 2. The largest absolute Gasteiger partial charge is 0.494 e. The van der Waals surface area contributed by atoms with Gasteiger partial charge in [0, 0.05) is 17.6 Å². The highest BCUT2D eigenvalue weighted by Crippen LogP contribution is 2.27. The average Bonchev–Trinajstić information content (AvgIpc) is 2.93. The number of nitrogens with one attached hydrogen (secondary N) is 1. The number of nitrogens with zero attached hydrogens (tertiary/aromatic N) is 2. The SMILES string of the molecule is CCOc1ccc(N(CC(=O)N(Cc2ccc(C)cc2)[C@H](CC)C(=O)NC(C)C)S(=O)(=O)c2ccc(Cl)cc2)cc1. The van der Waals surface area contributed by atoms with E-state index in [9.17, 15) is 18.0 Å². The van der Waals surface area contributed by atoms with E-state index in [1.54, 1.807) is 24.3 Å². The summed E-state index contributed by atoms with van der Waals surface area (Å²) < 4.78 is 34.4. The van der Waals surface area contributed by atoms with Crippen molar-refractivity contribution in [3.8, 4) is 5.75 Å². The average molecular weight is 600 g/mol. The highest BCUT2D eigenvalue weighted by molar-refractivity contribution is 7.92. The number of amides is 2. The van der Waals surface area contributed by atoms with Crippen molar-refractivity contribution in [3.05, 3.63) is 88.9 Å². The molecule has 0 bridgehead atoms. The zero-order chi connectivity index (χ0) is 30.2. The Morgan fingerprint density at radius 1 is 0.927 bits per heavy atom. The van der Waals surface area contributed by atoms with E-state index < -0.39 is 28.5 Å². The van der Waals surface area contributed by atoms with Crippen LogP contribution in [0.3, 0.4) is 0 Å². The van der Waals surface area contributed by atoms with Crippen LogP contribution >= 0.6 is 11.6 Å². The second-order valence-electron chi connectivity index (χ2n) is 9.99. The van der Waals surface area contributed by atoms with Gasteiger partial charge in [0.1, 0.15) is 18.3 Å².